The van der Waals surface area contributed by atoms with Crippen LogP contribution in [0.3, 0.4) is 0 Å². The van der Waals surface area contributed by atoms with Gasteiger partial charge in [0.25, 0.3) is 5.56 Å². The maximum absolute atomic E-state index is 11.1. The molecule has 12 heavy (non-hydrogen) atoms. The van der Waals surface area contributed by atoms with E-state index in [4.69, 9.17) is 0 Å². The van der Waals surface area contributed by atoms with Crippen molar-refractivity contribution in [1.29, 1.82) is 0 Å². The zero-order chi connectivity index (χ0) is 8.72. The lowest BCUT2D eigenvalue weighted by atomic mass is 10.3. The molecule has 1 aliphatic rings. The molecule has 1 aliphatic heterocycles. The lowest BCUT2D eigenvalue weighted by Crippen LogP contribution is -2.29. The predicted octanol–water partition coefficient (Wildman–Crippen LogP) is -0.877. The highest BCUT2D eigenvalue weighted by atomic mass is 16.2. The number of rotatable bonds is 0. The molecule has 1 aromatic rings. The van der Waals surface area contributed by atoms with Crippen LogP contribution in [-0.2, 0) is 6.54 Å². The first-order valence-corrected chi connectivity index (χ1v) is 3.56. The van der Waals surface area contributed by atoms with E-state index in [0.717, 1.165) is 6.07 Å². The van der Waals surface area contributed by atoms with Gasteiger partial charge >= 0.3 is 5.69 Å². The summed E-state index contributed by atoms with van der Waals surface area (Å²) >= 11 is 0. The SMILES string of the molecule is O=C1CCn2c1cc(=O)[nH]c2=O. The fourth-order valence-electron chi connectivity index (χ4n) is 1.31. The maximum atomic E-state index is 11.1. The van der Waals surface area contributed by atoms with Gasteiger partial charge in [-0.05, 0) is 0 Å². The minimum Gasteiger partial charge on any atom is -0.292 e. The molecule has 1 aromatic heterocycles. The van der Waals surface area contributed by atoms with Crippen LogP contribution in [0.2, 0.25) is 0 Å². The Morgan fingerprint density at radius 1 is 1.33 bits per heavy atom. The highest BCUT2D eigenvalue weighted by Gasteiger charge is 2.20. The van der Waals surface area contributed by atoms with Gasteiger partial charge in [-0.3, -0.25) is 19.1 Å². The summed E-state index contributed by atoms with van der Waals surface area (Å²) < 4.78 is 1.28. The molecule has 0 atom stereocenters. The molecule has 0 bridgehead atoms. The second-order valence-electron chi connectivity index (χ2n) is 2.65. The van der Waals surface area contributed by atoms with Crippen molar-refractivity contribution < 1.29 is 4.79 Å². The van der Waals surface area contributed by atoms with Crippen molar-refractivity contribution >= 4 is 5.78 Å². The van der Waals surface area contributed by atoms with Crippen LogP contribution in [0, 0.1) is 0 Å². The van der Waals surface area contributed by atoms with Gasteiger partial charge in [0, 0.05) is 19.0 Å². The summed E-state index contributed by atoms with van der Waals surface area (Å²) in [5, 5.41) is 0. The van der Waals surface area contributed by atoms with Crippen molar-refractivity contribution in [2.75, 3.05) is 0 Å². The Morgan fingerprint density at radius 2 is 2.08 bits per heavy atom. The van der Waals surface area contributed by atoms with Gasteiger partial charge in [0.1, 0.15) is 0 Å². The molecular weight excluding hydrogens is 160 g/mol. The highest BCUT2D eigenvalue weighted by molar-refractivity contribution is 5.95. The Hall–Kier alpha value is -1.65. The summed E-state index contributed by atoms with van der Waals surface area (Å²) in [6.07, 6.45) is 0.312. The van der Waals surface area contributed by atoms with Crippen LogP contribution < -0.4 is 11.2 Å². The van der Waals surface area contributed by atoms with Gasteiger partial charge in [-0.2, -0.15) is 0 Å². The van der Waals surface area contributed by atoms with E-state index in [1.54, 1.807) is 0 Å². The highest BCUT2D eigenvalue weighted by Crippen LogP contribution is 2.07. The molecule has 62 valence electrons. The summed E-state index contributed by atoms with van der Waals surface area (Å²) in [6, 6.07) is 1.16. The van der Waals surface area contributed by atoms with Crippen molar-refractivity contribution in [3.63, 3.8) is 0 Å². The van der Waals surface area contributed by atoms with E-state index >= 15 is 0 Å². The quantitative estimate of drug-likeness (QED) is 0.544. The van der Waals surface area contributed by atoms with E-state index in [-0.39, 0.29) is 11.5 Å². The normalized spacial score (nSPS) is 14.8. The van der Waals surface area contributed by atoms with E-state index in [1.165, 1.54) is 4.57 Å². The van der Waals surface area contributed by atoms with Crippen LogP contribution in [0.25, 0.3) is 0 Å². The summed E-state index contributed by atoms with van der Waals surface area (Å²) in [7, 11) is 0. The Labute approximate surface area is 66.7 Å². The largest absolute Gasteiger partial charge is 0.328 e. The minimum absolute atomic E-state index is 0.141. The number of nitrogens with one attached hydrogen (secondary N) is 1. The molecule has 0 radical (unpaired) electrons. The van der Waals surface area contributed by atoms with Gasteiger partial charge in [0.15, 0.2) is 5.78 Å². The molecule has 5 nitrogen and oxygen atoms in total. The summed E-state index contributed by atoms with van der Waals surface area (Å²) in [5.41, 5.74) is -0.784. The van der Waals surface area contributed by atoms with E-state index in [1.807, 2.05) is 0 Å². The Kier molecular flexibility index (Phi) is 1.27. The average molecular weight is 166 g/mol. The first kappa shape index (κ1) is 7.02. The summed E-state index contributed by atoms with van der Waals surface area (Å²) in [5.74, 6) is -0.141. The summed E-state index contributed by atoms with van der Waals surface area (Å²) in [4.78, 5) is 35.0. The minimum atomic E-state index is -0.512. The van der Waals surface area contributed by atoms with Crippen LogP contribution in [0.5, 0.6) is 0 Å². The monoisotopic (exact) mass is 166 g/mol. The molecule has 0 saturated heterocycles. The van der Waals surface area contributed by atoms with Crippen molar-refractivity contribution in [1.82, 2.24) is 9.55 Å². The van der Waals surface area contributed by atoms with Gasteiger partial charge < -0.3 is 0 Å². The maximum Gasteiger partial charge on any atom is 0.328 e. The standard InChI is InChI=1S/C7H6N2O3/c10-5-1-2-9-4(5)3-6(11)8-7(9)12/h3H,1-2H2,(H,8,11,12). The molecule has 0 aliphatic carbocycles. The van der Waals surface area contributed by atoms with E-state index < -0.39 is 11.2 Å². The third-order valence-electron chi connectivity index (χ3n) is 1.88. The number of hydrogen-bond donors (Lipinski definition) is 1. The molecule has 0 aromatic carbocycles. The molecule has 2 rings (SSSR count). The lowest BCUT2D eigenvalue weighted by Gasteiger charge is -1.96. The number of aromatic amines is 1. The number of nitrogens with zero attached hydrogens (tertiary/aromatic N) is 1. The molecule has 5 heteroatoms. The molecule has 0 fully saturated rings. The number of aromatic nitrogens is 2. The average Bonchev–Trinajstić information content (AvgIpc) is 2.33. The molecule has 2 heterocycles. The number of Topliss-reactive ketones (excluding diaryl/α,β-unsaturated/α-hetero) is 1. The smallest absolute Gasteiger partial charge is 0.292 e. The Bertz CT molecular complexity index is 454. The van der Waals surface area contributed by atoms with Crippen molar-refractivity contribution in [3.8, 4) is 0 Å². The Balaban J connectivity index is 2.85. The fraction of sp³-hybridized carbons (Fsp3) is 0.286. The third-order valence-corrected chi connectivity index (χ3v) is 1.88. The fourth-order valence-corrected chi connectivity index (χ4v) is 1.31. The molecule has 0 saturated carbocycles. The first-order valence-electron chi connectivity index (χ1n) is 3.56. The zero-order valence-electron chi connectivity index (χ0n) is 6.16. The number of fused-ring (bicyclic) bond motifs is 1. The van der Waals surface area contributed by atoms with Crippen LogP contribution in [0.1, 0.15) is 16.9 Å². The molecule has 0 amide bonds. The number of H-pyrrole nitrogens is 1. The van der Waals surface area contributed by atoms with Crippen molar-refractivity contribution in [2.45, 2.75) is 13.0 Å². The van der Waals surface area contributed by atoms with Gasteiger partial charge in [-0.15, -0.1) is 0 Å². The predicted molar refractivity (Wildman–Crippen MR) is 40.3 cm³/mol. The van der Waals surface area contributed by atoms with Gasteiger partial charge in [-0.1, -0.05) is 0 Å². The molecular formula is C7H6N2O3. The second-order valence-corrected chi connectivity index (χ2v) is 2.65. The van der Waals surface area contributed by atoms with Crippen molar-refractivity contribution in [2.24, 2.45) is 0 Å². The van der Waals surface area contributed by atoms with Gasteiger partial charge in [-0.25, -0.2) is 4.79 Å². The number of carbonyl (C=O) groups excluding carboxylic acids is 1. The number of carbonyl (C=O) groups is 1. The van der Waals surface area contributed by atoms with Crippen LogP contribution in [0.4, 0.5) is 0 Å². The molecule has 1 N–H and O–H groups in total. The summed E-state index contributed by atoms with van der Waals surface area (Å²) in [6.45, 7) is 0.379. The molecule has 0 unspecified atom stereocenters. The topological polar surface area (TPSA) is 71.9 Å². The van der Waals surface area contributed by atoms with Crippen LogP contribution >= 0.6 is 0 Å². The van der Waals surface area contributed by atoms with Gasteiger partial charge in [0.2, 0.25) is 0 Å². The Morgan fingerprint density at radius 3 is 2.83 bits per heavy atom. The second kappa shape index (κ2) is 2.17. The number of ketones is 1. The molecule has 0 spiro atoms. The first-order chi connectivity index (χ1) is 5.68. The van der Waals surface area contributed by atoms with Crippen LogP contribution in [-0.4, -0.2) is 15.3 Å². The van der Waals surface area contributed by atoms with E-state index in [2.05, 4.69) is 4.98 Å². The zero-order valence-corrected chi connectivity index (χ0v) is 6.16. The lowest BCUT2D eigenvalue weighted by molar-refractivity contribution is 0.0994. The van der Waals surface area contributed by atoms with Crippen molar-refractivity contribution in [3.05, 3.63) is 32.6 Å². The van der Waals surface area contributed by atoms with Gasteiger partial charge in [0.05, 0.1) is 5.69 Å². The van der Waals surface area contributed by atoms with Crippen LogP contribution in [0.15, 0.2) is 15.7 Å². The number of hydrogen-bond acceptors (Lipinski definition) is 3. The third kappa shape index (κ3) is 0.827. The van der Waals surface area contributed by atoms with E-state index in [0.29, 0.717) is 13.0 Å². The van der Waals surface area contributed by atoms with E-state index in [9.17, 15) is 14.4 Å².